The summed E-state index contributed by atoms with van der Waals surface area (Å²) in [5, 5.41) is 5.70. The highest BCUT2D eigenvalue weighted by atomic mass is 32.2. The number of nitrogens with zero attached hydrogens (tertiary/aromatic N) is 2. The summed E-state index contributed by atoms with van der Waals surface area (Å²) in [6, 6.07) is 5.32. The first-order valence-electron chi connectivity index (χ1n) is 11.9. The molecule has 0 saturated heterocycles. The SMILES string of the molecule is CCCCCCCCCCCCCCCC1=NN(c2ccc(S(=O)(=O)[O-])cc2)C(=O)C1. The van der Waals surface area contributed by atoms with Gasteiger partial charge in [-0.15, -0.1) is 0 Å². The van der Waals surface area contributed by atoms with Crippen molar-refractivity contribution in [2.75, 3.05) is 5.01 Å². The number of hydrazone groups is 1. The normalized spacial score (nSPS) is 14.3. The van der Waals surface area contributed by atoms with Crippen molar-refractivity contribution in [1.29, 1.82) is 0 Å². The number of carbonyl (C=O) groups excluding carboxylic acids is 1. The third kappa shape index (κ3) is 9.52. The monoisotopic (exact) mass is 449 g/mol. The summed E-state index contributed by atoms with van der Waals surface area (Å²) in [5.74, 6) is -0.123. The zero-order valence-corrected chi connectivity index (χ0v) is 19.7. The van der Waals surface area contributed by atoms with Crippen LogP contribution in [0.3, 0.4) is 0 Å². The van der Waals surface area contributed by atoms with Crippen molar-refractivity contribution in [1.82, 2.24) is 0 Å². The summed E-state index contributed by atoms with van der Waals surface area (Å²) in [4.78, 5) is 11.9. The Morgan fingerprint density at radius 3 is 1.81 bits per heavy atom. The topological polar surface area (TPSA) is 89.9 Å². The fraction of sp³-hybridized carbons (Fsp3) is 0.667. The number of carbonyl (C=O) groups is 1. The highest BCUT2D eigenvalue weighted by molar-refractivity contribution is 7.85. The molecule has 174 valence electrons. The summed E-state index contributed by atoms with van der Waals surface area (Å²) in [6.45, 7) is 2.25. The van der Waals surface area contributed by atoms with E-state index in [-0.39, 0.29) is 10.8 Å². The third-order valence-corrected chi connectivity index (χ3v) is 6.62. The number of benzene rings is 1. The van der Waals surface area contributed by atoms with Gasteiger partial charge in [0, 0.05) is 5.71 Å². The number of amides is 1. The molecule has 2 rings (SSSR count). The second-order valence-corrected chi connectivity index (χ2v) is 9.87. The van der Waals surface area contributed by atoms with E-state index >= 15 is 0 Å². The molecular formula is C24H37N2O4S-. The summed E-state index contributed by atoms with van der Waals surface area (Å²) in [7, 11) is -4.49. The van der Waals surface area contributed by atoms with E-state index < -0.39 is 10.1 Å². The van der Waals surface area contributed by atoms with E-state index in [4.69, 9.17) is 0 Å². The Morgan fingerprint density at radius 1 is 0.839 bits per heavy atom. The highest BCUT2D eigenvalue weighted by Gasteiger charge is 2.24. The van der Waals surface area contributed by atoms with Gasteiger partial charge in [0.2, 0.25) is 0 Å². The zero-order valence-electron chi connectivity index (χ0n) is 18.9. The van der Waals surface area contributed by atoms with E-state index in [9.17, 15) is 17.8 Å². The third-order valence-electron chi connectivity index (χ3n) is 5.77. The molecule has 0 atom stereocenters. The van der Waals surface area contributed by atoms with Crippen LogP contribution in [-0.2, 0) is 14.9 Å². The van der Waals surface area contributed by atoms with Crippen molar-refractivity contribution >= 4 is 27.4 Å². The van der Waals surface area contributed by atoms with Crippen LogP contribution in [0.4, 0.5) is 5.69 Å². The zero-order chi connectivity index (χ0) is 22.5. The van der Waals surface area contributed by atoms with E-state index in [0.29, 0.717) is 12.1 Å². The number of anilines is 1. The minimum Gasteiger partial charge on any atom is -0.744 e. The lowest BCUT2D eigenvalue weighted by Crippen LogP contribution is -2.19. The predicted molar refractivity (Wildman–Crippen MR) is 124 cm³/mol. The molecule has 0 bridgehead atoms. The van der Waals surface area contributed by atoms with Gasteiger partial charge in [-0.1, -0.05) is 84.0 Å². The largest absolute Gasteiger partial charge is 0.744 e. The van der Waals surface area contributed by atoms with Crippen LogP contribution in [0.15, 0.2) is 34.3 Å². The number of hydrogen-bond acceptors (Lipinski definition) is 5. The molecule has 0 unspecified atom stereocenters. The van der Waals surface area contributed by atoms with Gasteiger partial charge in [-0.2, -0.15) is 5.10 Å². The molecule has 7 heteroatoms. The van der Waals surface area contributed by atoms with Gasteiger partial charge < -0.3 is 4.55 Å². The van der Waals surface area contributed by atoms with Gasteiger partial charge in [0.1, 0.15) is 10.1 Å². The van der Waals surface area contributed by atoms with Crippen molar-refractivity contribution < 1.29 is 17.8 Å². The molecule has 0 radical (unpaired) electrons. The van der Waals surface area contributed by atoms with E-state index in [2.05, 4.69) is 12.0 Å². The molecule has 1 aromatic carbocycles. The predicted octanol–water partition coefficient (Wildman–Crippen LogP) is 6.16. The molecule has 0 fully saturated rings. The Bertz CT molecular complexity index is 803. The van der Waals surface area contributed by atoms with Crippen LogP contribution in [0, 0.1) is 0 Å². The second kappa shape index (κ2) is 13.6. The van der Waals surface area contributed by atoms with Crippen molar-refractivity contribution in [3.05, 3.63) is 24.3 Å². The van der Waals surface area contributed by atoms with Gasteiger partial charge in [0.05, 0.1) is 17.0 Å². The first-order chi connectivity index (χ1) is 14.9. The highest BCUT2D eigenvalue weighted by Crippen LogP contribution is 2.24. The van der Waals surface area contributed by atoms with Crippen LogP contribution in [0.2, 0.25) is 0 Å². The van der Waals surface area contributed by atoms with E-state index in [1.54, 1.807) is 0 Å². The van der Waals surface area contributed by atoms with Gasteiger partial charge in [0.25, 0.3) is 5.91 Å². The molecule has 1 aromatic rings. The maximum absolute atomic E-state index is 12.2. The van der Waals surface area contributed by atoms with Crippen LogP contribution >= 0.6 is 0 Å². The number of rotatable bonds is 16. The molecule has 0 aromatic heterocycles. The molecule has 6 nitrogen and oxygen atoms in total. The Balaban J connectivity index is 1.57. The minimum atomic E-state index is -4.49. The summed E-state index contributed by atoms with van der Waals surface area (Å²) < 4.78 is 33.1. The van der Waals surface area contributed by atoms with E-state index in [1.807, 2.05) is 0 Å². The lowest BCUT2D eigenvalue weighted by molar-refractivity contribution is -0.116. The van der Waals surface area contributed by atoms with Crippen LogP contribution in [0.1, 0.15) is 103 Å². The molecule has 1 heterocycles. The van der Waals surface area contributed by atoms with Gasteiger partial charge in [-0.05, 0) is 37.1 Å². The summed E-state index contributed by atoms with van der Waals surface area (Å²) in [6.07, 6.45) is 18.1. The van der Waals surface area contributed by atoms with E-state index in [0.717, 1.165) is 25.0 Å². The second-order valence-electron chi connectivity index (χ2n) is 8.49. The van der Waals surface area contributed by atoms with Crippen molar-refractivity contribution in [2.45, 2.75) is 108 Å². The van der Waals surface area contributed by atoms with Crippen LogP contribution < -0.4 is 5.01 Å². The first-order valence-corrected chi connectivity index (χ1v) is 13.3. The Labute approximate surface area is 187 Å². The van der Waals surface area contributed by atoms with Gasteiger partial charge >= 0.3 is 0 Å². The molecule has 1 aliphatic rings. The quantitative estimate of drug-likeness (QED) is 0.223. The maximum Gasteiger partial charge on any atom is 0.253 e. The van der Waals surface area contributed by atoms with Crippen molar-refractivity contribution in [2.24, 2.45) is 5.10 Å². The van der Waals surface area contributed by atoms with Crippen LogP contribution in [0.25, 0.3) is 0 Å². The average molecular weight is 450 g/mol. The van der Waals surface area contributed by atoms with Crippen LogP contribution in [0.5, 0.6) is 0 Å². The molecule has 0 spiro atoms. The average Bonchev–Trinajstić information content (AvgIpc) is 3.11. The minimum absolute atomic E-state index is 0.123. The molecular weight excluding hydrogens is 412 g/mol. The Hall–Kier alpha value is -1.73. The maximum atomic E-state index is 12.2. The molecule has 1 amide bonds. The van der Waals surface area contributed by atoms with Crippen molar-refractivity contribution in [3.8, 4) is 0 Å². The van der Waals surface area contributed by atoms with Gasteiger partial charge in [-0.3, -0.25) is 4.79 Å². The number of hydrogen-bond donors (Lipinski definition) is 0. The molecule has 1 aliphatic heterocycles. The Kier molecular flexibility index (Phi) is 11.2. The van der Waals surface area contributed by atoms with Crippen molar-refractivity contribution in [3.63, 3.8) is 0 Å². The fourth-order valence-electron chi connectivity index (χ4n) is 3.92. The lowest BCUT2D eigenvalue weighted by atomic mass is 10.0. The molecule has 0 N–H and O–H groups in total. The summed E-state index contributed by atoms with van der Waals surface area (Å²) >= 11 is 0. The smallest absolute Gasteiger partial charge is 0.253 e. The molecule has 31 heavy (non-hydrogen) atoms. The standard InChI is InChI=1S/C24H38N2O4S/c1-2-3-4-5-6-7-8-9-10-11-12-13-14-15-21-20-24(27)26(25-21)22-16-18-23(19-17-22)31(28,29)30/h16-19H,2-15,20H2,1H3,(H,28,29,30)/p-1. The molecule has 0 aliphatic carbocycles. The Morgan fingerprint density at radius 2 is 1.32 bits per heavy atom. The van der Waals surface area contributed by atoms with Crippen LogP contribution in [-0.4, -0.2) is 24.6 Å². The lowest BCUT2D eigenvalue weighted by Gasteiger charge is -2.13. The summed E-state index contributed by atoms with van der Waals surface area (Å²) in [5.41, 5.74) is 1.35. The van der Waals surface area contributed by atoms with Gasteiger partial charge in [0.15, 0.2) is 0 Å². The fourth-order valence-corrected chi connectivity index (χ4v) is 4.39. The number of unbranched alkanes of at least 4 members (excludes halogenated alkanes) is 12. The van der Waals surface area contributed by atoms with E-state index in [1.165, 1.54) is 99.9 Å². The molecule has 0 saturated carbocycles. The first kappa shape index (κ1) is 25.5. The van der Waals surface area contributed by atoms with Gasteiger partial charge in [-0.25, -0.2) is 13.4 Å².